The first-order valence-electron chi connectivity index (χ1n) is 8.91. The van der Waals surface area contributed by atoms with Crippen molar-refractivity contribution in [2.24, 2.45) is 0 Å². The molecule has 0 spiro atoms. The van der Waals surface area contributed by atoms with Crippen LogP contribution < -0.4 is 19.7 Å². The average Bonchev–Trinajstić information content (AvgIpc) is 2.59. The molecule has 26 heavy (non-hydrogen) atoms. The van der Waals surface area contributed by atoms with E-state index in [0.717, 1.165) is 34.2 Å². The van der Waals surface area contributed by atoms with Crippen LogP contribution in [0.1, 0.15) is 23.6 Å². The molecule has 1 unspecified atom stereocenters. The van der Waals surface area contributed by atoms with Crippen LogP contribution in [0.2, 0.25) is 0 Å². The third kappa shape index (κ3) is 5.49. The van der Waals surface area contributed by atoms with E-state index in [1.807, 2.05) is 57.3 Å². The van der Waals surface area contributed by atoms with Crippen molar-refractivity contribution in [3.63, 3.8) is 0 Å². The Bertz CT molecular complexity index is 759. The summed E-state index contributed by atoms with van der Waals surface area (Å²) in [6, 6.07) is 11.9. The van der Waals surface area contributed by atoms with Crippen LogP contribution in [0.25, 0.3) is 0 Å². The molecule has 0 saturated heterocycles. The number of carbonyl (C=O) groups excluding carboxylic acids is 1. The van der Waals surface area contributed by atoms with Gasteiger partial charge < -0.3 is 19.7 Å². The maximum atomic E-state index is 12.3. The minimum absolute atomic E-state index is 0.00338. The second kappa shape index (κ2) is 9.25. The topological polar surface area (TPSA) is 52.0 Å². The number of aryl methyl sites for hydroxylation is 2. The standard InChI is InChI=1S/C21H28N2O3/c1-6-26-19-10-8-17(12-20(19)25-5)13-23(4)14-21(24)22-18-9-7-15(2)16(3)11-18/h7-12H,6,13-14H2,1-5H3,(H,22,24)/p+1. The van der Waals surface area contributed by atoms with Gasteiger partial charge in [-0.3, -0.25) is 4.79 Å². The van der Waals surface area contributed by atoms with Gasteiger partial charge in [0.2, 0.25) is 0 Å². The van der Waals surface area contributed by atoms with Crippen LogP contribution >= 0.6 is 0 Å². The molecular formula is C21H29N2O3+. The molecule has 0 radical (unpaired) electrons. The van der Waals surface area contributed by atoms with Crippen molar-refractivity contribution in [3.05, 3.63) is 53.1 Å². The average molecular weight is 357 g/mol. The van der Waals surface area contributed by atoms with E-state index in [2.05, 4.69) is 12.2 Å². The Labute approximate surface area is 155 Å². The first-order valence-corrected chi connectivity index (χ1v) is 8.91. The zero-order chi connectivity index (χ0) is 19.1. The summed E-state index contributed by atoms with van der Waals surface area (Å²) in [7, 11) is 3.64. The van der Waals surface area contributed by atoms with Crippen molar-refractivity contribution in [3.8, 4) is 11.5 Å². The molecule has 0 aromatic heterocycles. The number of nitrogens with one attached hydrogen (secondary N) is 2. The minimum atomic E-state index is 0.00338. The van der Waals surface area contributed by atoms with E-state index in [-0.39, 0.29) is 5.91 Å². The smallest absolute Gasteiger partial charge is 0.279 e. The number of quaternary nitrogens is 1. The van der Waals surface area contributed by atoms with Gasteiger partial charge in [0.05, 0.1) is 20.8 Å². The summed E-state index contributed by atoms with van der Waals surface area (Å²) in [4.78, 5) is 13.4. The third-order valence-electron chi connectivity index (χ3n) is 4.29. The summed E-state index contributed by atoms with van der Waals surface area (Å²) in [6.07, 6.45) is 0. The largest absolute Gasteiger partial charge is 0.493 e. The SMILES string of the molecule is CCOc1ccc(C[NH+](C)CC(=O)Nc2ccc(C)c(C)c2)cc1OC. The lowest BCUT2D eigenvalue weighted by molar-refractivity contribution is -0.885. The fraction of sp³-hybridized carbons (Fsp3) is 0.381. The molecule has 2 aromatic rings. The number of benzene rings is 2. The van der Waals surface area contributed by atoms with Gasteiger partial charge in [-0.05, 0) is 62.2 Å². The van der Waals surface area contributed by atoms with E-state index in [1.54, 1.807) is 7.11 Å². The van der Waals surface area contributed by atoms with Gasteiger partial charge in [0.15, 0.2) is 18.0 Å². The fourth-order valence-electron chi connectivity index (χ4n) is 2.81. The van der Waals surface area contributed by atoms with Crippen LogP contribution in [0, 0.1) is 13.8 Å². The Morgan fingerprint density at radius 1 is 1.08 bits per heavy atom. The molecular weight excluding hydrogens is 328 g/mol. The van der Waals surface area contributed by atoms with Crippen molar-refractivity contribution in [2.75, 3.05) is 32.6 Å². The Morgan fingerprint density at radius 2 is 1.85 bits per heavy atom. The van der Waals surface area contributed by atoms with Gasteiger partial charge in [-0.2, -0.15) is 0 Å². The zero-order valence-electron chi connectivity index (χ0n) is 16.3. The van der Waals surface area contributed by atoms with Crippen molar-refractivity contribution >= 4 is 11.6 Å². The van der Waals surface area contributed by atoms with Crippen LogP contribution in [0.4, 0.5) is 5.69 Å². The van der Waals surface area contributed by atoms with Crippen molar-refractivity contribution in [1.82, 2.24) is 0 Å². The molecule has 1 atom stereocenters. The minimum Gasteiger partial charge on any atom is -0.493 e. The Hall–Kier alpha value is -2.53. The number of hydrogen-bond donors (Lipinski definition) is 2. The first-order chi connectivity index (χ1) is 12.4. The van der Waals surface area contributed by atoms with Crippen LogP contribution in [-0.2, 0) is 11.3 Å². The highest BCUT2D eigenvalue weighted by atomic mass is 16.5. The molecule has 2 N–H and O–H groups in total. The van der Waals surface area contributed by atoms with Crippen LogP contribution in [-0.4, -0.2) is 33.2 Å². The van der Waals surface area contributed by atoms with Crippen LogP contribution in [0.3, 0.4) is 0 Å². The molecule has 2 rings (SSSR count). The monoisotopic (exact) mass is 357 g/mol. The number of methoxy groups -OCH3 is 1. The quantitative estimate of drug-likeness (QED) is 0.763. The molecule has 0 fully saturated rings. The van der Waals surface area contributed by atoms with Crippen LogP contribution in [0.15, 0.2) is 36.4 Å². The summed E-state index contributed by atoms with van der Waals surface area (Å²) in [5.74, 6) is 1.46. The van der Waals surface area contributed by atoms with E-state index >= 15 is 0 Å². The number of anilines is 1. The molecule has 0 saturated carbocycles. The van der Waals surface area contributed by atoms with Crippen molar-refractivity contribution < 1.29 is 19.2 Å². The second-order valence-corrected chi connectivity index (χ2v) is 6.58. The van der Waals surface area contributed by atoms with Gasteiger partial charge >= 0.3 is 0 Å². The molecule has 0 aliphatic heterocycles. The Balaban J connectivity index is 1.94. The highest BCUT2D eigenvalue weighted by Gasteiger charge is 2.13. The lowest BCUT2D eigenvalue weighted by Gasteiger charge is -2.16. The maximum absolute atomic E-state index is 12.3. The number of amides is 1. The summed E-state index contributed by atoms with van der Waals surface area (Å²) in [5.41, 5.74) is 4.33. The van der Waals surface area contributed by atoms with E-state index in [9.17, 15) is 4.79 Å². The van der Waals surface area contributed by atoms with Gasteiger partial charge in [-0.25, -0.2) is 0 Å². The molecule has 5 heteroatoms. The molecule has 0 heterocycles. The lowest BCUT2D eigenvalue weighted by Crippen LogP contribution is -3.08. The fourth-order valence-corrected chi connectivity index (χ4v) is 2.81. The van der Waals surface area contributed by atoms with E-state index in [1.165, 1.54) is 11.1 Å². The van der Waals surface area contributed by atoms with Gasteiger partial charge in [0.1, 0.15) is 6.54 Å². The summed E-state index contributed by atoms with van der Waals surface area (Å²) >= 11 is 0. The molecule has 1 amide bonds. The van der Waals surface area contributed by atoms with Gasteiger partial charge in [-0.1, -0.05) is 6.07 Å². The lowest BCUT2D eigenvalue weighted by atomic mass is 10.1. The molecule has 0 bridgehead atoms. The molecule has 2 aromatic carbocycles. The normalized spacial score (nSPS) is 11.7. The molecule has 0 aliphatic rings. The van der Waals surface area contributed by atoms with Crippen molar-refractivity contribution in [1.29, 1.82) is 0 Å². The molecule has 140 valence electrons. The van der Waals surface area contributed by atoms with Crippen LogP contribution in [0.5, 0.6) is 11.5 Å². The van der Waals surface area contributed by atoms with Gasteiger partial charge in [0, 0.05) is 11.3 Å². The summed E-state index contributed by atoms with van der Waals surface area (Å²) in [5, 5.41) is 2.97. The highest BCUT2D eigenvalue weighted by molar-refractivity contribution is 5.91. The molecule has 0 aliphatic carbocycles. The highest BCUT2D eigenvalue weighted by Crippen LogP contribution is 2.27. The van der Waals surface area contributed by atoms with Gasteiger partial charge in [-0.15, -0.1) is 0 Å². The number of hydrogen-bond acceptors (Lipinski definition) is 3. The predicted molar refractivity (Wildman–Crippen MR) is 104 cm³/mol. The summed E-state index contributed by atoms with van der Waals surface area (Å²) < 4.78 is 10.9. The second-order valence-electron chi connectivity index (χ2n) is 6.58. The van der Waals surface area contributed by atoms with E-state index < -0.39 is 0 Å². The maximum Gasteiger partial charge on any atom is 0.279 e. The predicted octanol–water partition coefficient (Wildman–Crippen LogP) is 2.36. The van der Waals surface area contributed by atoms with E-state index in [4.69, 9.17) is 9.47 Å². The van der Waals surface area contributed by atoms with Gasteiger partial charge in [0.25, 0.3) is 5.91 Å². The third-order valence-corrected chi connectivity index (χ3v) is 4.29. The Morgan fingerprint density at radius 3 is 2.50 bits per heavy atom. The van der Waals surface area contributed by atoms with E-state index in [0.29, 0.717) is 13.2 Å². The number of likely N-dealkylation sites (N-methyl/N-ethyl adjacent to an activating group) is 1. The first kappa shape index (κ1) is 19.8. The van der Waals surface area contributed by atoms with Crippen molar-refractivity contribution in [2.45, 2.75) is 27.3 Å². The molecule has 5 nitrogen and oxygen atoms in total. The number of carbonyl (C=O) groups is 1. The Kier molecular flexibility index (Phi) is 7.04. The zero-order valence-corrected chi connectivity index (χ0v) is 16.3. The summed E-state index contributed by atoms with van der Waals surface area (Å²) in [6.45, 7) is 7.76. The number of rotatable bonds is 8. The number of ether oxygens (including phenoxy) is 2.